The van der Waals surface area contributed by atoms with Crippen LogP contribution in [0.5, 0.6) is 5.75 Å². The zero-order chi connectivity index (χ0) is 25.7. The smallest absolute Gasteiger partial charge is 0.229 e. The molecule has 1 aliphatic rings. The van der Waals surface area contributed by atoms with Gasteiger partial charge in [-0.3, -0.25) is 9.62 Å². The van der Waals surface area contributed by atoms with Crippen molar-refractivity contribution in [2.24, 2.45) is 0 Å². The van der Waals surface area contributed by atoms with Crippen LogP contribution in [0, 0.1) is 0 Å². The molecule has 1 unspecified atom stereocenters. The molecule has 3 N–H and O–H groups in total. The van der Waals surface area contributed by atoms with Crippen LogP contribution in [0.3, 0.4) is 0 Å². The molecule has 1 fully saturated rings. The van der Waals surface area contributed by atoms with Crippen molar-refractivity contribution in [3.05, 3.63) is 59.8 Å². The molecule has 36 heavy (non-hydrogen) atoms. The van der Waals surface area contributed by atoms with Crippen molar-refractivity contribution in [2.45, 2.75) is 6.04 Å². The van der Waals surface area contributed by atoms with Gasteiger partial charge < -0.3 is 20.3 Å². The van der Waals surface area contributed by atoms with Gasteiger partial charge in [-0.15, -0.1) is 0 Å². The Balaban J connectivity index is 1.45. The molecule has 0 bridgehead atoms. The first-order valence-corrected chi connectivity index (χ1v) is 13.7. The molecule has 12 heteroatoms. The minimum absolute atomic E-state index is 0.286. The molecule has 2 aromatic carbocycles. The summed E-state index contributed by atoms with van der Waals surface area (Å²) in [6, 6.07) is 14.8. The number of para-hydroxylation sites is 2. The highest BCUT2D eigenvalue weighted by Gasteiger charge is 2.22. The van der Waals surface area contributed by atoms with Gasteiger partial charge in [0.05, 0.1) is 29.9 Å². The Morgan fingerprint density at radius 3 is 2.64 bits per heavy atom. The van der Waals surface area contributed by atoms with Crippen molar-refractivity contribution in [3.63, 3.8) is 0 Å². The van der Waals surface area contributed by atoms with Crippen LogP contribution < -0.4 is 20.1 Å². The second kappa shape index (κ2) is 11.3. The monoisotopic (exact) mass is 531 g/mol. The molecular weight excluding hydrogens is 502 g/mol. The summed E-state index contributed by atoms with van der Waals surface area (Å²) < 4.78 is 32.0. The van der Waals surface area contributed by atoms with Gasteiger partial charge in [0.25, 0.3) is 0 Å². The van der Waals surface area contributed by atoms with Gasteiger partial charge in [0.1, 0.15) is 17.4 Å². The molecule has 0 amide bonds. The van der Waals surface area contributed by atoms with Crippen LogP contribution in [0.1, 0.15) is 0 Å². The Morgan fingerprint density at radius 1 is 1.08 bits per heavy atom. The molecule has 0 spiro atoms. The van der Waals surface area contributed by atoms with E-state index >= 15 is 0 Å². The van der Waals surface area contributed by atoms with Gasteiger partial charge in [-0.2, -0.15) is 4.98 Å². The molecule has 0 saturated carbocycles. The van der Waals surface area contributed by atoms with Crippen molar-refractivity contribution in [1.29, 1.82) is 0 Å². The highest BCUT2D eigenvalue weighted by Crippen LogP contribution is 2.30. The lowest BCUT2D eigenvalue weighted by atomic mass is 10.2. The Bertz CT molecular complexity index is 1310. The van der Waals surface area contributed by atoms with Gasteiger partial charge in [-0.1, -0.05) is 29.8 Å². The molecule has 192 valence electrons. The van der Waals surface area contributed by atoms with Crippen molar-refractivity contribution in [1.82, 2.24) is 19.8 Å². The molecule has 4 rings (SSSR count). The van der Waals surface area contributed by atoms with Gasteiger partial charge in [0, 0.05) is 31.4 Å². The normalized spacial score (nSPS) is 16.9. The summed E-state index contributed by atoms with van der Waals surface area (Å²) >= 11 is 6.32. The number of anilines is 5. The lowest BCUT2D eigenvalue weighted by Gasteiger charge is -2.37. The van der Waals surface area contributed by atoms with E-state index in [-0.39, 0.29) is 5.02 Å². The van der Waals surface area contributed by atoms with E-state index < -0.39 is 10.0 Å². The number of nitrogens with zero attached hydrogens (tertiary/aromatic N) is 4. The van der Waals surface area contributed by atoms with E-state index in [9.17, 15) is 8.42 Å². The number of ether oxygens (including phenoxy) is 1. The van der Waals surface area contributed by atoms with Crippen LogP contribution in [0.25, 0.3) is 0 Å². The molecule has 0 aliphatic carbocycles. The number of rotatable bonds is 9. The van der Waals surface area contributed by atoms with Crippen LogP contribution in [-0.4, -0.2) is 80.8 Å². The highest BCUT2D eigenvalue weighted by molar-refractivity contribution is 7.92. The maximum Gasteiger partial charge on any atom is 0.229 e. The average molecular weight is 532 g/mol. The fraction of sp³-hybridized carbons (Fsp3) is 0.333. The molecular formula is C24H30ClN7O3S. The number of piperazine rings is 1. The average Bonchev–Trinajstić information content (AvgIpc) is 2.82. The SMILES string of the molecule is CN1CCN(C)C(COc2cccc(Nc3ncc(Cl)c(Nc4ccccc4NS(C)(=O)=O)n3)c2)C1. The van der Waals surface area contributed by atoms with Crippen LogP contribution in [0.4, 0.5) is 28.8 Å². The number of halogens is 1. The standard InChI is InChI=1S/C24H30ClN7O3S/c1-31-11-12-32(2)18(15-31)16-35-19-8-6-7-17(13-19)27-24-26-14-20(25)23(29-24)28-21-9-4-5-10-22(21)30-36(3,33)34/h4-10,13-14,18,30H,11-12,15-16H2,1-3H3,(H2,26,27,28,29). The fourth-order valence-electron chi connectivity index (χ4n) is 3.79. The molecule has 1 aromatic heterocycles. The van der Waals surface area contributed by atoms with Crippen molar-refractivity contribution < 1.29 is 13.2 Å². The molecule has 1 aliphatic heterocycles. The third-order valence-electron chi connectivity index (χ3n) is 5.73. The first-order chi connectivity index (χ1) is 17.2. The third-order valence-corrected chi connectivity index (χ3v) is 6.60. The summed E-state index contributed by atoms with van der Waals surface area (Å²) in [5.74, 6) is 1.39. The van der Waals surface area contributed by atoms with E-state index in [1.807, 2.05) is 24.3 Å². The first kappa shape index (κ1) is 26.0. The number of benzene rings is 2. The van der Waals surface area contributed by atoms with Crippen LogP contribution in [0.2, 0.25) is 5.02 Å². The van der Waals surface area contributed by atoms with Gasteiger partial charge in [0.15, 0.2) is 5.82 Å². The predicted octanol–water partition coefficient (Wildman–Crippen LogP) is 3.61. The summed E-state index contributed by atoms with van der Waals surface area (Å²) in [6.45, 7) is 3.64. The second-order valence-corrected chi connectivity index (χ2v) is 11.0. The second-order valence-electron chi connectivity index (χ2n) is 8.80. The lowest BCUT2D eigenvalue weighted by molar-refractivity contribution is 0.0781. The summed E-state index contributed by atoms with van der Waals surface area (Å²) in [5, 5.41) is 6.54. The van der Waals surface area contributed by atoms with E-state index in [1.165, 1.54) is 6.20 Å². The number of nitrogens with one attached hydrogen (secondary N) is 3. The Hall–Kier alpha value is -3.12. The highest BCUT2D eigenvalue weighted by atomic mass is 35.5. The van der Waals surface area contributed by atoms with E-state index in [4.69, 9.17) is 16.3 Å². The number of hydrogen-bond acceptors (Lipinski definition) is 9. The zero-order valence-electron chi connectivity index (χ0n) is 20.4. The molecule has 1 saturated heterocycles. The Morgan fingerprint density at radius 2 is 1.86 bits per heavy atom. The van der Waals surface area contributed by atoms with Crippen molar-refractivity contribution >= 4 is 50.5 Å². The minimum atomic E-state index is -3.46. The van der Waals surface area contributed by atoms with Crippen molar-refractivity contribution in [3.8, 4) is 5.75 Å². The maximum atomic E-state index is 11.7. The van der Waals surface area contributed by atoms with E-state index in [0.717, 1.165) is 37.3 Å². The Labute approximate surface area is 216 Å². The van der Waals surface area contributed by atoms with Gasteiger partial charge in [-0.25, -0.2) is 13.4 Å². The summed E-state index contributed by atoms with van der Waals surface area (Å²) in [6.07, 6.45) is 2.56. The molecule has 1 atom stereocenters. The predicted molar refractivity (Wildman–Crippen MR) is 144 cm³/mol. The summed E-state index contributed by atoms with van der Waals surface area (Å²) in [5.41, 5.74) is 1.64. The minimum Gasteiger partial charge on any atom is -0.492 e. The van der Waals surface area contributed by atoms with E-state index in [2.05, 4.69) is 49.2 Å². The molecule has 2 heterocycles. The Kier molecular flexibility index (Phi) is 8.14. The number of aromatic nitrogens is 2. The molecule has 0 radical (unpaired) electrons. The third kappa shape index (κ3) is 7.20. The first-order valence-electron chi connectivity index (χ1n) is 11.4. The maximum absolute atomic E-state index is 11.7. The van der Waals surface area contributed by atoms with Gasteiger partial charge in [0.2, 0.25) is 16.0 Å². The largest absolute Gasteiger partial charge is 0.492 e. The van der Waals surface area contributed by atoms with Crippen LogP contribution in [-0.2, 0) is 10.0 Å². The number of likely N-dealkylation sites (N-methyl/N-ethyl adjacent to an activating group) is 2. The van der Waals surface area contributed by atoms with Gasteiger partial charge in [-0.05, 0) is 38.4 Å². The number of hydrogen-bond donors (Lipinski definition) is 3. The molecule has 3 aromatic rings. The van der Waals surface area contributed by atoms with E-state index in [1.54, 1.807) is 24.3 Å². The quantitative estimate of drug-likeness (QED) is 0.381. The fourth-order valence-corrected chi connectivity index (χ4v) is 4.51. The number of sulfonamides is 1. The van der Waals surface area contributed by atoms with Gasteiger partial charge >= 0.3 is 0 Å². The van der Waals surface area contributed by atoms with Crippen molar-refractivity contribution in [2.75, 3.05) is 61.9 Å². The molecule has 10 nitrogen and oxygen atoms in total. The summed E-state index contributed by atoms with van der Waals surface area (Å²) in [4.78, 5) is 13.4. The lowest BCUT2D eigenvalue weighted by Crippen LogP contribution is -2.52. The van der Waals surface area contributed by atoms with Crippen LogP contribution in [0.15, 0.2) is 54.7 Å². The van der Waals surface area contributed by atoms with E-state index in [0.29, 0.717) is 35.8 Å². The topological polar surface area (TPSA) is 112 Å². The van der Waals surface area contributed by atoms with Crippen LogP contribution >= 0.6 is 11.6 Å². The zero-order valence-corrected chi connectivity index (χ0v) is 22.0. The summed E-state index contributed by atoms with van der Waals surface area (Å²) in [7, 11) is 0.791.